The third-order valence-corrected chi connectivity index (χ3v) is 3.62. The average Bonchev–Trinajstić information content (AvgIpc) is 2.92. The highest BCUT2D eigenvalue weighted by atomic mass is 127. The first-order chi connectivity index (χ1) is 9.76. The minimum absolute atomic E-state index is 0.246. The summed E-state index contributed by atoms with van der Waals surface area (Å²) in [6.45, 7) is 0.246. The molecule has 3 rings (SSSR count). The van der Waals surface area contributed by atoms with E-state index in [4.69, 9.17) is 14.2 Å². The van der Waals surface area contributed by atoms with Crippen LogP contribution in [0.15, 0.2) is 41.4 Å². The molecule has 0 aromatic heterocycles. The number of nitrogens with zero attached hydrogens (tertiary/aromatic N) is 1. The minimum Gasteiger partial charge on any atom is -0.496 e. The molecule has 0 bridgehead atoms. The van der Waals surface area contributed by atoms with E-state index in [-0.39, 0.29) is 6.79 Å². The Morgan fingerprint density at radius 3 is 2.55 bits per heavy atom. The van der Waals surface area contributed by atoms with Gasteiger partial charge in [0, 0.05) is 21.4 Å². The third kappa shape index (κ3) is 2.72. The van der Waals surface area contributed by atoms with Crippen molar-refractivity contribution in [1.29, 1.82) is 0 Å². The Kier molecular flexibility index (Phi) is 3.77. The predicted octanol–water partition coefficient (Wildman–Crippen LogP) is 3.78. The van der Waals surface area contributed by atoms with Crippen LogP contribution in [0, 0.1) is 3.57 Å². The molecule has 0 aliphatic carbocycles. The van der Waals surface area contributed by atoms with Crippen LogP contribution in [-0.4, -0.2) is 20.1 Å². The second-order valence-corrected chi connectivity index (χ2v) is 5.43. The van der Waals surface area contributed by atoms with Gasteiger partial charge >= 0.3 is 0 Å². The number of methoxy groups -OCH3 is 1. The maximum Gasteiger partial charge on any atom is 0.231 e. The van der Waals surface area contributed by atoms with Crippen LogP contribution in [0.3, 0.4) is 0 Å². The lowest BCUT2D eigenvalue weighted by atomic mass is 10.2. The van der Waals surface area contributed by atoms with Crippen molar-refractivity contribution in [2.45, 2.75) is 0 Å². The lowest BCUT2D eigenvalue weighted by Crippen LogP contribution is -1.92. The topological polar surface area (TPSA) is 40.0 Å². The van der Waals surface area contributed by atoms with Crippen molar-refractivity contribution in [3.05, 3.63) is 45.5 Å². The molecular formula is C15H12INO3. The molecule has 0 N–H and O–H groups in total. The smallest absolute Gasteiger partial charge is 0.231 e. The van der Waals surface area contributed by atoms with Gasteiger partial charge in [-0.2, -0.15) is 0 Å². The monoisotopic (exact) mass is 381 g/mol. The van der Waals surface area contributed by atoms with E-state index in [9.17, 15) is 0 Å². The number of rotatable bonds is 3. The number of ether oxygens (including phenoxy) is 3. The molecule has 2 aromatic rings. The molecule has 4 nitrogen and oxygen atoms in total. The van der Waals surface area contributed by atoms with E-state index in [1.165, 1.54) is 3.57 Å². The van der Waals surface area contributed by atoms with Gasteiger partial charge in [-0.05, 0) is 52.9 Å². The van der Waals surface area contributed by atoms with Crippen molar-refractivity contribution >= 4 is 34.5 Å². The van der Waals surface area contributed by atoms with Gasteiger partial charge in [0.2, 0.25) is 6.79 Å². The van der Waals surface area contributed by atoms with Crippen LogP contribution in [0.4, 0.5) is 5.69 Å². The molecule has 20 heavy (non-hydrogen) atoms. The molecule has 1 aliphatic rings. The van der Waals surface area contributed by atoms with Crippen LogP contribution in [0.5, 0.6) is 17.2 Å². The van der Waals surface area contributed by atoms with Gasteiger partial charge in [-0.3, -0.25) is 4.99 Å². The lowest BCUT2D eigenvalue weighted by molar-refractivity contribution is 0.174. The Balaban J connectivity index is 1.91. The zero-order valence-corrected chi connectivity index (χ0v) is 13.0. The van der Waals surface area contributed by atoms with E-state index in [0.717, 1.165) is 17.0 Å². The van der Waals surface area contributed by atoms with Crippen LogP contribution in [0.25, 0.3) is 0 Å². The molecule has 0 unspecified atom stereocenters. The molecule has 2 aromatic carbocycles. The van der Waals surface area contributed by atoms with Gasteiger partial charge in [0.1, 0.15) is 5.75 Å². The number of aliphatic imine (C=N–C) groups is 1. The maximum absolute atomic E-state index is 5.37. The quantitative estimate of drug-likeness (QED) is 0.600. The van der Waals surface area contributed by atoms with Crippen LogP contribution in [0.1, 0.15) is 5.56 Å². The molecule has 0 atom stereocenters. The fourth-order valence-corrected chi connectivity index (χ4v) is 2.25. The van der Waals surface area contributed by atoms with E-state index in [0.29, 0.717) is 11.5 Å². The number of hydrogen-bond donors (Lipinski definition) is 0. The van der Waals surface area contributed by atoms with Gasteiger partial charge < -0.3 is 14.2 Å². The van der Waals surface area contributed by atoms with E-state index in [1.807, 2.05) is 36.4 Å². The summed E-state index contributed by atoms with van der Waals surface area (Å²) in [7, 11) is 1.62. The van der Waals surface area contributed by atoms with E-state index in [1.54, 1.807) is 13.3 Å². The summed E-state index contributed by atoms with van der Waals surface area (Å²) in [6, 6.07) is 11.7. The number of benzene rings is 2. The Morgan fingerprint density at radius 2 is 1.85 bits per heavy atom. The molecule has 0 radical (unpaired) electrons. The minimum atomic E-state index is 0.246. The Labute approximate surface area is 130 Å². The SMILES string of the molecule is COc1cc2c(cc1C=Nc1ccc(I)cc1)OCO2. The van der Waals surface area contributed by atoms with Gasteiger partial charge in [-0.1, -0.05) is 0 Å². The molecule has 1 aliphatic heterocycles. The summed E-state index contributed by atoms with van der Waals surface area (Å²) in [6.07, 6.45) is 1.77. The standard InChI is InChI=1S/C15H12INO3/c1-18-13-7-15-14(19-9-20-15)6-10(13)8-17-12-4-2-11(16)3-5-12/h2-8H,9H2,1H3. The largest absolute Gasteiger partial charge is 0.496 e. The fraction of sp³-hybridized carbons (Fsp3) is 0.133. The molecule has 0 saturated carbocycles. The first-order valence-corrected chi connectivity index (χ1v) is 7.11. The predicted molar refractivity (Wildman–Crippen MR) is 85.5 cm³/mol. The van der Waals surface area contributed by atoms with E-state index in [2.05, 4.69) is 27.6 Å². The van der Waals surface area contributed by atoms with Crippen molar-refractivity contribution in [2.24, 2.45) is 4.99 Å². The van der Waals surface area contributed by atoms with Crippen LogP contribution >= 0.6 is 22.6 Å². The highest BCUT2D eigenvalue weighted by molar-refractivity contribution is 14.1. The molecular weight excluding hydrogens is 369 g/mol. The average molecular weight is 381 g/mol. The van der Waals surface area contributed by atoms with Gasteiger partial charge in [0.05, 0.1) is 12.8 Å². The van der Waals surface area contributed by atoms with E-state index >= 15 is 0 Å². The lowest BCUT2D eigenvalue weighted by Gasteiger charge is -2.06. The first-order valence-electron chi connectivity index (χ1n) is 6.03. The Morgan fingerprint density at radius 1 is 1.15 bits per heavy atom. The number of halogens is 1. The highest BCUT2D eigenvalue weighted by Crippen LogP contribution is 2.37. The van der Waals surface area contributed by atoms with Crippen LogP contribution in [-0.2, 0) is 0 Å². The molecule has 0 fully saturated rings. The number of fused-ring (bicyclic) bond motifs is 1. The first kappa shape index (κ1) is 13.2. The van der Waals surface area contributed by atoms with Gasteiger partial charge in [0.15, 0.2) is 11.5 Å². The third-order valence-electron chi connectivity index (χ3n) is 2.90. The van der Waals surface area contributed by atoms with Crippen molar-refractivity contribution in [1.82, 2.24) is 0 Å². The summed E-state index contributed by atoms with van der Waals surface area (Å²) < 4.78 is 17.2. The molecule has 1 heterocycles. The summed E-state index contributed by atoms with van der Waals surface area (Å²) >= 11 is 2.27. The van der Waals surface area contributed by atoms with Crippen molar-refractivity contribution in [3.8, 4) is 17.2 Å². The van der Waals surface area contributed by atoms with Crippen LogP contribution < -0.4 is 14.2 Å². The molecule has 5 heteroatoms. The zero-order chi connectivity index (χ0) is 13.9. The number of hydrogen-bond acceptors (Lipinski definition) is 4. The van der Waals surface area contributed by atoms with E-state index < -0.39 is 0 Å². The molecule has 0 saturated heterocycles. The van der Waals surface area contributed by atoms with Crippen LogP contribution in [0.2, 0.25) is 0 Å². The van der Waals surface area contributed by atoms with Gasteiger partial charge in [0.25, 0.3) is 0 Å². The fourth-order valence-electron chi connectivity index (χ4n) is 1.89. The normalized spacial score (nSPS) is 12.9. The Bertz CT molecular complexity index is 653. The summed E-state index contributed by atoms with van der Waals surface area (Å²) in [4.78, 5) is 4.45. The van der Waals surface area contributed by atoms with Gasteiger partial charge in [-0.15, -0.1) is 0 Å². The van der Waals surface area contributed by atoms with Crippen molar-refractivity contribution < 1.29 is 14.2 Å². The van der Waals surface area contributed by atoms with Crippen molar-refractivity contribution in [3.63, 3.8) is 0 Å². The maximum atomic E-state index is 5.37. The Hall–Kier alpha value is -1.76. The van der Waals surface area contributed by atoms with Gasteiger partial charge in [-0.25, -0.2) is 0 Å². The molecule has 102 valence electrons. The summed E-state index contributed by atoms with van der Waals surface area (Å²) in [5.74, 6) is 2.13. The highest BCUT2D eigenvalue weighted by Gasteiger charge is 2.16. The summed E-state index contributed by atoms with van der Waals surface area (Å²) in [5, 5.41) is 0. The van der Waals surface area contributed by atoms with Crippen molar-refractivity contribution in [2.75, 3.05) is 13.9 Å². The summed E-state index contributed by atoms with van der Waals surface area (Å²) in [5.41, 5.74) is 1.75. The zero-order valence-electron chi connectivity index (χ0n) is 10.8. The molecule has 0 amide bonds. The second kappa shape index (κ2) is 5.70. The molecule has 0 spiro atoms. The second-order valence-electron chi connectivity index (χ2n) is 4.18.